The highest BCUT2D eigenvalue weighted by molar-refractivity contribution is 7.10. The molecule has 0 spiro atoms. The van der Waals surface area contributed by atoms with Crippen LogP contribution in [0.1, 0.15) is 49.7 Å². The minimum absolute atomic E-state index is 0.0358. The van der Waals surface area contributed by atoms with E-state index in [0.717, 1.165) is 10.4 Å². The first-order chi connectivity index (χ1) is 12.9. The lowest BCUT2D eigenvalue weighted by molar-refractivity contribution is -0.155. The Labute approximate surface area is 162 Å². The van der Waals surface area contributed by atoms with Crippen molar-refractivity contribution in [3.63, 3.8) is 0 Å². The van der Waals surface area contributed by atoms with E-state index in [-0.39, 0.29) is 24.3 Å². The third kappa shape index (κ3) is 6.53. The van der Waals surface area contributed by atoms with Gasteiger partial charge in [0.15, 0.2) is 6.10 Å². The Hall–Kier alpha value is -2.67. The van der Waals surface area contributed by atoms with E-state index in [0.29, 0.717) is 0 Å². The number of hydrogen-bond acceptors (Lipinski definition) is 5. The highest BCUT2D eigenvalue weighted by Crippen LogP contribution is 2.22. The van der Waals surface area contributed by atoms with Crippen molar-refractivity contribution in [3.05, 3.63) is 58.3 Å². The average molecular weight is 388 g/mol. The second kappa shape index (κ2) is 9.87. The Morgan fingerprint density at radius 3 is 2.33 bits per heavy atom. The van der Waals surface area contributed by atoms with Gasteiger partial charge in [-0.05, 0) is 30.9 Å². The Bertz CT molecular complexity index is 762. The van der Waals surface area contributed by atoms with Crippen LogP contribution in [-0.2, 0) is 19.1 Å². The fourth-order valence-electron chi connectivity index (χ4n) is 2.58. The molecule has 0 aliphatic heterocycles. The molecule has 2 rings (SSSR count). The van der Waals surface area contributed by atoms with Crippen molar-refractivity contribution >= 4 is 29.1 Å². The number of nitrogens with one attached hydrogen (secondary N) is 2. The summed E-state index contributed by atoms with van der Waals surface area (Å²) < 4.78 is 5.26. The van der Waals surface area contributed by atoms with Gasteiger partial charge in [-0.1, -0.05) is 36.4 Å². The summed E-state index contributed by atoms with van der Waals surface area (Å²) in [6.45, 7) is 4.79. The zero-order valence-electron chi connectivity index (χ0n) is 15.6. The van der Waals surface area contributed by atoms with Gasteiger partial charge < -0.3 is 15.4 Å². The lowest BCUT2D eigenvalue weighted by Crippen LogP contribution is -2.38. The van der Waals surface area contributed by atoms with Gasteiger partial charge in [0.25, 0.3) is 5.91 Å². The van der Waals surface area contributed by atoms with E-state index in [1.165, 1.54) is 25.2 Å². The van der Waals surface area contributed by atoms with E-state index in [2.05, 4.69) is 10.6 Å². The molecular weight excluding hydrogens is 364 g/mol. The molecule has 6 nitrogen and oxygen atoms in total. The van der Waals surface area contributed by atoms with Gasteiger partial charge in [0.1, 0.15) is 0 Å². The van der Waals surface area contributed by atoms with Crippen LogP contribution in [-0.4, -0.2) is 23.9 Å². The van der Waals surface area contributed by atoms with E-state index >= 15 is 0 Å². The van der Waals surface area contributed by atoms with Crippen LogP contribution >= 0.6 is 11.3 Å². The summed E-state index contributed by atoms with van der Waals surface area (Å²) in [5.41, 5.74) is 0.966. The molecule has 0 saturated heterocycles. The van der Waals surface area contributed by atoms with Gasteiger partial charge in [0, 0.05) is 11.8 Å². The highest BCUT2D eigenvalue weighted by Gasteiger charge is 2.24. The van der Waals surface area contributed by atoms with E-state index < -0.39 is 18.1 Å². The molecule has 0 saturated carbocycles. The Kier molecular flexibility index (Phi) is 7.55. The second-order valence-corrected chi connectivity index (χ2v) is 7.22. The van der Waals surface area contributed by atoms with Crippen LogP contribution in [0.15, 0.2) is 47.8 Å². The number of amides is 2. The molecule has 144 valence electrons. The topological polar surface area (TPSA) is 84.5 Å². The summed E-state index contributed by atoms with van der Waals surface area (Å²) in [5, 5.41) is 7.44. The maximum atomic E-state index is 12.3. The van der Waals surface area contributed by atoms with Crippen molar-refractivity contribution < 1.29 is 19.1 Å². The second-order valence-electron chi connectivity index (χ2n) is 6.25. The van der Waals surface area contributed by atoms with Crippen LogP contribution in [0.4, 0.5) is 0 Å². The molecular formula is C20H24N2O4S. The molecule has 2 N–H and O–H groups in total. The molecule has 1 aromatic carbocycles. The number of thiophene rings is 1. The molecule has 27 heavy (non-hydrogen) atoms. The zero-order valence-corrected chi connectivity index (χ0v) is 16.4. The molecule has 7 heteroatoms. The molecule has 0 radical (unpaired) electrons. The monoisotopic (exact) mass is 388 g/mol. The van der Waals surface area contributed by atoms with Crippen LogP contribution in [0.3, 0.4) is 0 Å². The standard InChI is InChI=1S/C20H24N2O4S/c1-13(16-8-5-4-6-9-16)21-20(25)14(2)26-19(24)12-17(22-15(3)23)18-10-7-11-27-18/h4-11,13-14,17H,12H2,1-3H3,(H,21,25)(H,22,23). The van der Waals surface area contributed by atoms with Crippen LogP contribution in [0, 0.1) is 0 Å². The fraction of sp³-hybridized carbons (Fsp3) is 0.350. The minimum atomic E-state index is -0.926. The smallest absolute Gasteiger partial charge is 0.309 e. The number of ether oxygens (including phenoxy) is 1. The van der Waals surface area contributed by atoms with Crippen molar-refractivity contribution in [2.75, 3.05) is 0 Å². The summed E-state index contributed by atoms with van der Waals surface area (Å²) in [5.74, 6) is -1.15. The molecule has 3 unspecified atom stereocenters. The number of benzene rings is 1. The predicted molar refractivity (Wildman–Crippen MR) is 104 cm³/mol. The normalized spacial score (nSPS) is 13.9. The van der Waals surface area contributed by atoms with E-state index in [1.807, 2.05) is 54.8 Å². The van der Waals surface area contributed by atoms with Gasteiger partial charge in [-0.3, -0.25) is 14.4 Å². The lowest BCUT2D eigenvalue weighted by Gasteiger charge is -2.20. The first kappa shape index (κ1) is 20.6. The summed E-state index contributed by atoms with van der Waals surface area (Å²) in [7, 11) is 0. The third-order valence-corrected chi connectivity index (χ3v) is 4.96. The lowest BCUT2D eigenvalue weighted by atomic mass is 10.1. The number of hydrogen-bond donors (Lipinski definition) is 2. The van der Waals surface area contributed by atoms with Crippen LogP contribution in [0.25, 0.3) is 0 Å². The number of carbonyl (C=O) groups excluding carboxylic acids is 3. The van der Waals surface area contributed by atoms with E-state index in [4.69, 9.17) is 4.74 Å². The maximum absolute atomic E-state index is 12.3. The van der Waals surface area contributed by atoms with Crippen molar-refractivity contribution in [3.8, 4) is 0 Å². The number of esters is 1. The summed E-state index contributed by atoms with van der Waals surface area (Å²) in [6, 6.07) is 12.6. The van der Waals surface area contributed by atoms with Crippen molar-refractivity contribution in [1.82, 2.24) is 10.6 Å². The third-order valence-electron chi connectivity index (χ3n) is 3.97. The Morgan fingerprint density at radius 2 is 1.74 bits per heavy atom. The van der Waals surface area contributed by atoms with Crippen LogP contribution in [0.2, 0.25) is 0 Å². The molecule has 2 aromatic rings. The number of carbonyl (C=O) groups is 3. The minimum Gasteiger partial charge on any atom is -0.452 e. The summed E-state index contributed by atoms with van der Waals surface area (Å²) in [6.07, 6.45) is -0.962. The quantitative estimate of drug-likeness (QED) is 0.681. The van der Waals surface area contributed by atoms with Crippen LogP contribution < -0.4 is 10.6 Å². The van der Waals surface area contributed by atoms with E-state index in [9.17, 15) is 14.4 Å². The molecule has 0 aliphatic rings. The molecule has 0 bridgehead atoms. The Morgan fingerprint density at radius 1 is 1.04 bits per heavy atom. The van der Waals surface area contributed by atoms with Crippen molar-refractivity contribution in [1.29, 1.82) is 0 Å². The molecule has 3 atom stereocenters. The van der Waals surface area contributed by atoms with E-state index in [1.54, 1.807) is 0 Å². The summed E-state index contributed by atoms with van der Waals surface area (Å²) >= 11 is 1.44. The zero-order chi connectivity index (χ0) is 19.8. The molecule has 0 fully saturated rings. The fourth-order valence-corrected chi connectivity index (χ4v) is 3.36. The molecule has 2 amide bonds. The van der Waals surface area contributed by atoms with Gasteiger partial charge in [-0.2, -0.15) is 0 Å². The first-order valence-electron chi connectivity index (χ1n) is 8.72. The van der Waals surface area contributed by atoms with Crippen molar-refractivity contribution in [2.24, 2.45) is 0 Å². The largest absolute Gasteiger partial charge is 0.452 e. The average Bonchev–Trinajstić information content (AvgIpc) is 3.16. The number of rotatable bonds is 8. The van der Waals surface area contributed by atoms with Crippen molar-refractivity contribution in [2.45, 2.75) is 45.4 Å². The van der Waals surface area contributed by atoms with Gasteiger partial charge in [0.2, 0.25) is 5.91 Å². The van der Waals surface area contributed by atoms with Gasteiger partial charge in [-0.25, -0.2) is 0 Å². The summed E-state index contributed by atoms with van der Waals surface area (Å²) in [4.78, 5) is 36.8. The first-order valence-corrected chi connectivity index (χ1v) is 9.60. The SMILES string of the molecule is CC(=O)NC(CC(=O)OC(C)C(=O)NC(C)c1ccccc1)c1cccs1. The maximum Gasteiger partial charge on any atom is 0.309 e. The molecule has 1 aromatic heterocycles. The highest BCUT2D eigenvalue weighted by atomic mass is 32.1. The molecule has 0 aliphatic carbocycles. The van der Waals surface area contributed by atoms with Gasteiger partial charge in [-0.15, -0.1) is 11.3 Å². The van der Waals surface area contributed by atoms with Crippen LogP contribution in [0.5, 0.6) is 0 Å². The predicted octanol–water partition coefficient (Wildman–Crippen LogP) is 3.12. The van der Waals surface area contributed by atoms with Gasteiger partial charge in [0.05, 0.1) is 18.5 Å². The van der Waals surface area contributed by atoms with Gasteiger partial charge >= 0.3 is 5.97 Å². The Balaban J connectivity index is 1.89. The molecule has 1 heterocycles.